The molecule has 2 aliphatic heterocycles. The number of nitrogens with one attached hydrogen (secondary N) is 9. The van der Waals surface area contributed by atoms with Gasteiger partial charge in [0.2, 0.25) is 0 Å². The fraction of sp³-hybridized carbons (Fsp3) is 0.320. The number of imidazole rings is 5. The maximum Gasteiger partial charge on any atom is 0.259 e. The summed E-state index contributed by atoms with van der Waals surface area (Å²) in [6.07, 6.45) is 16.5. The van der Waals surface area contributed by atoms with Crippen molar-refractivity contribution in [1.29, 1.82) is 0 Å². The first kappa shape index (κ1) is 101. The molecule has 2 unspecified atom stereocenters. The molecule has 758 valence electrons. The van der Waals surface area contributed by atoms with Crippen LogP contribution in [0.4, 0.5) is 46.0 Å². The Morgan fingerprint density at radius 3 is 0.980 bits per heavy atom. The van der Waals surface area contributed by atoms with Crippen LogP contribution in [0.2, 0.25) is 0 Å². The highest BCUT2D eigenvalue weighted by Gasteiger charge is 2.35. The second-order valence-corrected chi connectivity index (χ2v) is 35.9. The van der Waals surface area contributed by atoms with Crippen LogP contribution in [0.5, 0.6) is 0 Å². The summed E-state index contributed by atoms with van der Waals surface area (Å²) in [5.74, 6) is -4.88. The van der Waals surface area contributed by atoms with Gasteiger partial charge in [0, 0.05) is 175 Å². The molecule has 2 aliphatic rings. The van der Waals surface area contributed by atoms with E-state index in [2.05, 4.69) is 164 Å². The molecule has 15 aromatic heterocycles. The molecule has 0 radical (unpaired) electrons. The van der Waals surface area contributed by atoms with Crippen LogP contribution in [0.1, 0.15) is 99.8 Å². The maximum absolute atomic E-state index is 14.1. The number of aromatic nitrogens is 20. The minimum absolute atomic E-state index is 0.0272. The van der Waals surface area contributed by atoms with Gasteiger partial charge in [0.05, 0.1) is 111 Å². The third kappa shape index (κ3) is 19.2. The van der Waals surface area contributed by atoms with Gasteiger partial charge in [-0.1, -0.05) is 64.1 Å². The number of fused-ring (bicyclic) bond motifs is 25. The van der Waals surface area contributed by atoms with Gasteiger partial charge in [-0.05, 0) is 111 Å². The Balaban J connectivity index is 0.000000120. The first-order chi connectivity index (χ1) is 71.4. The number of piperazine rings is 1. The number of pyridine rings is 5. The van der Waals surface area contributed by atoms with E-state index in [-0.39, 0.29) is 63.9 Å². The van der Waals surface area contributed by atoms with E-state index in [1.165, 1.54) is 31.6 Å². The van der Waals surface area contributed by atoms with Crippen LogP contribution in [0.3, 0.4) is 0 Å². The van der Waals surface area contributed by atoms with Gasteiger partial charge >= 0.3 is 0 Å². The zero-order valence-electron chi connectivity index (χ0n) is 83.9. The molecule has 20 aromatic rings. The quantitative estimate of drug-likeness (QED) is 0.0269. The van der Waals surface area contributed by atoms with Gasteiger partial charge in [0.25, 0.3) is 29.5 Å². The third-order valence-corrected chi connectivity index (χ3v) is 26.6. The first-order valence-corrected chi connectivity index (χ1v) is 48.7. The van der Waals surface area contributed by atoms with Crippen LogP contribution in [-0.4, -0.2) is 329 Å². The second-order valence-electron chi connectivity index (χ2n) is 35.9. The molecule has 22 rings (SSSR count). The SMILES string of the molecule is CCN(CC)CCNC(=O)c1c(NC)c2cncnc2n2c1nc1cc(F)c(F)cc12.CCN(CC)CCNC(=O)c1c(NC)c2cncnc2n2c1nc1ccccc12.CNc1c(C(=O)N2CC(C)NC(C)C2)c2nc3ccccc3n2c2ncncc12.CNc1c(C(=O)N2CCCN(C)CC2)c2nc3cc(F)c(F)cc3n2c2ncncc12.CNc1c(C(=O)NCCN(C)C)c2nc3ccccc3n2c2ncncc12. The third-order valence-electron chi connectivity index (χ3n) is 26.6. The molecular weight excluding hydrogens is 1880 g/mol. The standard InChI is InChI=1S/C21H21F2N7O.C21H23F2N7O.C21H23N7O.C21H25N7O.C19H21N7O/c1-24-18-12-10-25-11-26-19(12)30-16-9-14(23)13(22)8-15(16)27-20(30)17(18)21(31)29-5-3-4-28(2)6-7-29;1-4-29(5-2)7-6-26-21(31)17-18(24-3)12-10-25-11-27-19(12)30-16-9-14(23)13(22)8-15(16)28-20(17)30;1-12-9-27(10-13(2)25-12)21(29)17-18(22-3)14-8-23-11-24-19(14)28-16-7-5-4-6-15(16)26-20(17)28;1-4-27(5-2)11-10-24-21(29)17-18(22-3)14-12-23-13-25-19(14)28-16-9-7-6-8-15(16)26-20(17)28;1-20-16-12-10-21-11-23-17(12)26-14-7-5-4-6-13(14)24-18(26)15(16)19(27)22-8-9-25(2)3/h8-11,24H,3-7H2,1-2H3;8-11,24H,4-7H2,1-3H3,(H,26,31);4-8,11-13,22,25H,9-10H2,1-3H3;6-9,12-13,22H,4-5,10-11H2,1-3H3,(H,24,29);4-7,10-11,20H,8-9H2,1-3H3,(H,22,27). The van der Waals surface area contributed by atoms with E-state index in [0.717, 1.165) is 138 Å². The zero-order valence-corrected chi connectivity index (χ0v) is 83.9. The number of likely N-dealkylation sites (N-methyl/N-ethyl adjacent to an activating group) is 4. The highest BCUT2D eigenvalue weighted by molar-refractivity contribution is 6.18. The normalized spacial score (nSPS) is 14.1. The number of amides is 5. The van der Waals surface area contributed by atoms with Crippen molar-refractivity contribution in [2.24, 2.45) is 0 Å². The Morgan fingerprint density at radius 2 is 0.653 bits per heavy atom. The minimum Gasteiger partial charge on any atom is -0.387 e. The van der Waals surface area contributed by atoms with Crippen molar-refractivity contribution in [3.05, 3.63) is 211 Å². The van der Waals surface area contributed by atoms with Crippen molar-refractivity contribution >= 4 is 197 Å². The van der Waals surface area contributed by atoms with Crippen molar-refractivity contribution < 1.29 is 41.5 Å². The molecular formula is C103H113F4N35O5. The molecule has 2 atom stereocenters. The highest BCUT2D eigenvalue weighted by Crippen LogP contribution is 2.41. The number of hydrogen-bond donors (Lipinski definition) is 9. The molecule has 147 heavy (non-hydrogen) atoms. The van der Waals surface area contributed by atoms with Crippen LogP contribution in [0.25, 0.3) is 139 Å². The van der Waals surface area contributed by atoms with Crippen molar-refractivity contribution in [2.45, 2.75) is 60.0 Å². The maximum atomic E-state index is 14.1. The number of hydrogen-bond acceptors (Lipinski definition) is 30. The number of halogens is 4. The Morgan fingerprint density at radius 1 is 0.361 bits per heavy atom. The molecule has 40 nitrogen and oxygen atoms in total. The summed E-state index contributed by atoms with van der Waals surface area (Å²) in [6, 6.07) is 28.2. The van der Waals surface area contributed by atoms with E-state index in [1.807, 2.05) is 124 Å². The van der Waals surface area contributed by atoms with Gasteiger partial charge in [-0.2, -0.15) is 0 Å². The van der Waals surface area contributed by atoms with Crippen molar-refractivity contribution in [3.63, 3.8) is 0 Å². The van der Waals surface area contributed by atoms with Gasteiger partial charge in [0.1, 0.15) is 59.5 Å². The number of anilines is 5. The molecule has 0 aliphatic carbocycles. The smallest absolute Gasteiger partial charge is 0.259 e. The molecule has 2 saturated heterocycles. The lowest BCUT2D eigenvalue weighted by atomic mass is 10.1. The van der Waals surface area contributed by atoms with E-state index in [9.17, 15) is 41.5 Å². The average molecular weight is 2000 g/mol. The average Bonchev–Trinajstić information content (AvgIpc) is 1.61. The van der Waals surface area contributed by atoms with Crippen LogP contribution in [0, 0.1) is 23.3 Å². The molecule has 0 spiro atoms. The lowest BCUT2D eigenvalue weighted by molar-refractivity contribution is 0.0675. The predicted octanol–water partition coefficient (Wildman–Crippen LogP) is 12.0. The summed E-state index contributed by atoms with van der Waals surface area (Å²) in [7, 11) is 14.8. The fourth-order valence-corrected chi connectivity index (χ4v) is 19.6. The molecule has 5 aromatic carbocycles. The van der Waals surface area contributed by atoms with Crippen molar-refractivity contribution in [3.8, 4) is 0 Å². The van der Waals surface area contributed by atoms with E-state index in [4.69, 9.17) is 15.0 Å². The second kappa shape index (κ2) is 43.5. The number of rotatable bonds is 23. The van der Waals surface area contributed by atoms with Gasteiger partial charge in [-0.15, -0.1) is 0 Å². The summed E-state index contributed by atoms with van der Waals surface area (Å²) in [6.45, 7) is 24.2. The number of nitrogens with zero attached hydrogens (tertiary/aromatic N) is 26. The molecule has 0 saturated carbocycles. The van der Waals surface area contributed by atoms with Gasteiger partial charge in [-0.25, -0.2) is 92.3 Å². The van der Waals surface area contributed by atoms with E-state index in [0.29, 0.717) is 170 Å². The summed E-state index contributed by atoms with van der Waals surface area (Å²) in [5, 5.41) is 31.7. The highest BCUT2D eigenvalue weighted by atomic mass is 19.2. The largest absolute Gasteiger partial charge is 0.387 e. The summed E-state index contributed by atoms with van der Waals surface area (Å²) in [5.41, 5.74) is 17.0. The number of carbonyl (C=O) groups is 5. The lowest BCUT2D eigenvalue weighted by Gasteiger charge is -2.36. The summed E-state index contributed by atoms with van der Waals surface area (Å²) >= 11 is 0. The molecule has 9 N–H and O–H groups in total. The first-order valence-electron chi connectivity index (χ1n) is 48.7. The minimum atomic E-state index is -1.01. The number of carbonyl (C=O) groups excluding carboxylic acids is 5. The van der Waals surface area contributed by atoms with Crippen LogP contribution >= 0.6 is 0 Å². The van der Waals surface area contributed by atoms with Gasteiger partial charge < -0.3 is 77.3 Å². The summed E-state index contributed by atoms with van der Waals surface area (Å²) < 4.78 is 64.9. The molecule has 17 heterocycles. The molecule has 0 bridgehead atoms. The number of benzene rings is 5. The summed E-state index contributed by atoms with van der Waals surface area (Å²) in [4.78, 5) is 146. The topological polar surface area (TPSA) is 428 Å². The van der Waals surface area contributed by atoms with Gasteiger partial charge in [0.15, 0.2) is 79.7 Å². The van der Waals surface area contributed by atoms with Gasteiger partial charge in [-0.3, -0.25) is 46.0 Å². The Hall–Kier alpha value is -16.6. The van der Waals surface area contributed by atoms with Crippen LogP contribution in [-0.2, 0) is 0 Å². The van der Waals surface area contributed by atoms with Crippen molar-refractivity contribution in [1.82, 2.24) is 147 Å². The van der Waals surface area contributed by atoms with E-state index < -0.39 is 23.3 Å². The fourth-order valence-electron chi connectivity index (χ4n) is 19.6. The molecule has 2 fully saturated rings. The molecule has 5 amide bonds. The zero-order chi connectivity index (χ0) is 103. The Labute approximate surface area is 839 Å². The monoisotopic (exact) mass is 2000 g/mol. The lowest BCUT2D eigenvalue weighted by Crippen LogP contribution is -2.56. The number of para-hydroxylation sites is 6. The van der Waals surface area contributed by atoms with E-state index in [1.54, 1.807) is 72.9 Å². The Kier molecular flexibility index (Phi) is 29.8. The molecule has 44 heteroatoms. The van der Waals surface area contributed by atoms with Crippen LogP contribution in [0.15, 0.2) is 160 Å². The van der Waals surface area contributed by atoms with Crippen molar-refractivity contribution in [2.75, 3.05) is 188 Å². The van der Waals surface area contributed by atoms with E-state index >= 15 is 0 Å². The predicted molar refractivity (Wildman–Crippen MR) is 564 cm³/mol. The Bertz CT molecular complexity index is 8450. The van der Waals surface area contributed by atoms with Crippen LogP contribution < -0.4 is 47.9 Å².